The van der Waals surface area contributed by atoms with Crippen LogP contribution in [0.1, 0.15) is 92.4 Å². The van der Waals surface area contributed by atoms with Crippen molar-refractivity contribution in [2.45, 2.75) is 77.5 Å². The molecule has 3 aromatic carbocycles. The lowest BCUT2D eigenvalue weighted by Crippen LogP contribution is -2.30. The Bertz CT molecular complexity index is 1280. The molecule has 0 radical (unpaired) electrons. The molecule has 0 saturated heterocycles. The maximum Gasteiger partial charge on any atom is 0.227 e. The number of carbonyl (C=O) groups is 1. The zero-order chi connectivity index (χ0) is 27.6. The second-order valence-electron chi connectivity index (χ2n) is 10.5. The number of nitrogens with zero attached hydrogens (tertiary/aromatic N) is 1. The normalized spacial score (nSPS) is 13.3. The second-order valence-corrected chi connectivity index (χ2v) is 10.5. The number of aryl methyl sites for hydroxylation is 1. The van der Waals surface area contributed by atoms with E-state index in [4.69, 9.17) is 0 Å². The van der Waals surface area contributed by atoms with E-state index in [1.807, 2.05) is 24.3 Å². The van der Waals surface area contributed by atoms with Gasteiger partial charge in [-0.1, -0.05) is 75.1 Å². The van der Waals surface area contributed by atoms with Crippen LogP contribution in [0.25, 0.3) is 0 Å². The molecule has 0 spiro atoms. The fraction of sp³-hybridized carbons (Fsp3) is 0.382. The number of phenols is 1. The fourth-order valence-corrected chi connectivity index (χ4v) is 5.16. The number of hydrogen-bond donors (Lipinski definition) is 3. The first kappa shape index (κ1) is 28.4. The van der Waals surface area contributed by atoms with Crippen LogP contribution in [0.3, 0.4) is 0 Å². The highest BCUT2D eigenvalue weighted by atomic mass is 16.5. The van der Waals surface area contributed by atoms with Gasteiger partial charge in [-0.05, 0) is 78.8 Å². The van der Waals surface area contributed by atoms with Gasteiger partial charge in [-0.25, -0.2) is 0 Å². The number of aliphatic hydroxyl groups excluding tert-OH is 1. The van der Waals surface area contributed by atoms with Crippen LogP contribution in [-0.2, 0) is 17.8 Å². The lowest BCUT2D eigenvalue weighted by atomic mass is 10.0. The van der Waals surface area contributed by atoms with Gasteiger partial charge < -0.3 is 20.2 Å². The number of carbonyl (C=O) groups excluding carboxylic acids is 1. The number of unbranched alkanes of at least 4 members (excludes halogenated alkanes) is 1. The average Bonchev–Trinajstić information content (AvgIpc) is 3.48. The molecule has 0 unspecified atom stereocenters. The number of rotatable bonds is 10. The van der Waals surface area contributed by atoms with Gasteiger partial charge in [-0.2, -0.15) is 0 Å². The Labute approximate surface area is 232 Å². The molecule has 0 bridgehead atoms. The SMILES string of the molecule is CCCCc1ccc(C#Cc2ccc(CN(C(=O)CCC3CCCC3)c3ccc(O)c(C(O)O)c3)cc2)cc1. The van der Waals surface area contributed by atoms with Crippen LogP contribution < -0.4 is 4.90 Å². The van der Waals surface area contributed by atoms with Gasteiger partial charge in [-0.15, -0.1) is 0 Å². The van der Waals surface area contributed by atoms with E-state index in [1.165, 1.54) is 56.2 Å². The molecule has 0 heterocycles. The summed E-state index contributed by atoms with van der Waals surface area (Å²) in [5.41, 5.74) is 4.65. The highest BCUT2D eigenvalue weighted by Gasteiger charge is 2.22. The number of amides is 1. The second kappa shape index (κ2) is 14.0. The van der Waals surface area contributed by atoms with E-state index in [2.05, 4.69) is 43.0 Å². The zero-order valence-corrected chi connectivity index (χ0v) is 22.8. The topological polar surface area (TPSA) is 81.0 Å². The molecule has 0 atom stereocenters. The first-order valence-corrected chi connectivity index (χ1v) is 14.1. The molecule has 4 rings (SSSR count). The Morgan fingerprint density at radius 3 is 2.13 bits per heavy atom. The summed E-state index contributed by atoms with van der Waals surface area (Å²) in [4.78, 5) is 15.1. The third-order valence-electron chi connectivity index (χ3n) is 7.56. The maximum absolute atomic E-state index is 13.4. The highest BCUT2D eigenvalue weighted by molar-refractivity contribution is 5.93. The van der Waals surface area contributed by atoms with Crippen LogP contribution in [-0.4, -0.2) is 21.2 Å². The lowest BCUT2D eigenvalue weighted by molar-refractivity contribution is -0.119. The van der Waals surface area contributed by atoms with Gasteiger partial charge in [0.15, 0.2) is 6.29 Å². The molecule has 1 fully saturated rings. The maximum atomic E-state index is 13.4. The minimum Gasteiger partial charge on any atom is -0.507 e. The monoisotopic (exact) mass is 525 g/mol. The number of aliphatic hydroxyl groups is 2. The summed E-state index contributed by atoms with van der Waals surface area (Å²) in [6.07, 6.45) is 7.76. The van der Waals surface area contributed by atoms with E-state index in [9.17, 15) is 20.1 Å². The van der Waals surface area contributed by atoms with E-state index in [1.54, 1.807) is 11.0 Å². The molecule has 3 aromatic rings. The van der Waals surface area contributed by atoms with Gasteiger partial charge in [0.1, 0.15) is 5.75 Å². The van der Waals surface area contributed by atoms with Gasteiger partial charge >= 0.3 is 0 Å². The summed E-state index contributed by atoms with van der Waals surface area (Å²) in [6.45, 7) is 2.53. The molecule has 0 aliphatic heterocycles. The molecule has 1 saturated carbocycles. The van der Waals surface area contributed by atoms with Crippen molar-refractivity contribution in [3.8, 4) is 17.6 Å². The van der Waals surface area contributed by atoms with Crippen molar-refractivity contribution >= 4 is 11.6 Å². The summed E-state index contributed by atoms with van der Waals surface area (Å²) in [7, 11) is 0. The number of phenolic OH excluding ortho intramolecular Hbond substituents is 1. The van der Waals surface area contributed by atoms with Crippen LogP contribution in [0.15, 0.2) is 66.7 Å². The molecule has 39 heavy (non-hydrogen) atoms. The molecule has 1 amide bonds. The fourth-order valence-electron chi connectivity index (χ4n) is 5.16. The van der Waals surface area contributed by atoms with Crippen LogP contribution in [0, 0.1) is 17.8 Å². The molecule has 3 N–H and O–H groups in total. The Balaban J connectivity index is 1.48. The molecule has 5 heteroatoms. The minimum absolute atomic E-state index is 0.0165. The summed E-state index contributed by atoms with van der Waals surface area (Å²) in [5, 5.41) is 29.4. The van der Waals surface area contributed by atoms with Gasteiger partial charge in [0.05, 0.1) is 12.1 Å². The predicted octanol–water partition coefficient (Wildman–Crippen LogP) is 6.62. The van der Waals surface area contributed by atoms with Gasteiger partial charge in [0.2, 0.25) is 5.91 Å². The molecule has 204 valence electrons. The van der Waals surface area contributed by atoms with E-state index in [0.717, 1.165) is 29.5 Å². The number of hydrogen-bond acceptors (Lipinski definition) is 4. The zero-order valence-electron chi connectivity index (χ0n) is 22.8. The average molecular weight is 526 g/mol. The van der Waals surface area contributed by atoms with E-state index in [-0.39, 0.29) is 17.2 Å². The standard InChI is InChI=1S/C34H39NO4/c1-2-3-6-26-9-11-27(12-10-26)13-14-28-15-17-29(18-16-28)24-35(33(37)22-19-25-7-4-5-8-25)30-20-21-32(36)31(23-30)34(38)39/h9-12,15-18,20-21,23,25,34,36,38-39H,2-8,19,22,24H2,1H3. The summed E-state index contributed by atoms with van der Waals surface area (Å²) in [5.74, 6) is 6.81. The van der Waals surface area contributed by atoms with Crippen molar-refractivity contribution in [2.75, 3.05) is 4.90 Å². The number of anilines is 1. The Kier molecular flexibility index (Phi) is 10.2. The van der Waals surface area contributed by atoms with Crippen molar-refractivity contribution < 1.29 is 20.1 Å². The molecular weight excluding hydrogens is 486 g/mol. The largest absolute Gasteiger partial charge is 0.507 e. The molecule has 0 aromatic heterocycles. The minimum atomic E-state index is -1.83. The molecule has 1 aliphatic carbocycles. The Hall–Kier alpha value is -3.59. The quantitative estimate of drug-likeness (QED) is 0.205. The molecule has 1 aliphatic rings. The van der Waals surface area contributed by atoms with Crippen molar-refractivity contribution in [1.82, 2.24) is 0 Å². The summed E-state index contributed by atoms with van der Waals surface area (Å²) < 4.78 is 0. The third kappa shape index (κ3) is 8.20. The van der Waals surface area contributed by atoms with Crippen LogP contribution in [0.5, 0.6) is 5.75 Å². The number of aromatic hydroxyl groups is 1. The Morgan fingerprint density at radius 2 is 1.54 bits per heavy atom. The smallest absolute Gasteiger partial charge is 0.227 e. The van der Waals surface area contributed by atoms with Crippen LogP contribution in [0.4, 0.5) is 5.69 Å². The van der Waals surface area contributed by atoms with Crippen molar-refractivity contribution in [2.24, 2.45) is 5.92 Å². The van der Waals surface area contributed by atoms with E-state index >= 15 is 0 Å². The predicted molar refractivity (Wildman–Crippen MR) is 155 cm³/mol. The van der Waals surface area contributed by atoms with Gasteiger partial charge in [0.25, 0.3) is 0 Å². The first-order valence-electron chi connectivity index (χ1n) is 14.1. The van der Waals surface area contributed by atoms with Crippen molar-refractivity contribution in [1.29, 1.82) is 0 Å². The summed E-state index contributed by atoms with van der Waals surface area (Å²) in [6, 6.07) is 20.8. The third-order valence-corrected chi connectivity index (χ3v) is 7.56. The van der Waals surface area contributed by atoms with Crippen molar-refractivity contribution in [3.63, 3.8) is 0 Å². The van der Waals surface area contributed by atoms with Crippen molar-refractivity contribution in [3.05, 3.63) is 94.5 Å². The molecule has 5 nitrogen and oxygen atoms in total. The van der Waals surface area contributed by atoms with E-state index in [0.29, 0.717) is 24.6 Å². The van der Waals surface area contributed by atoms with Crippen LogP contribution in [0.2, 0.25) is 0 Å². The van der Waals surface area contributed by atoms with Crippen LogP contribution >= 0.6 is 0 Å². The first-order chi connectivity index (χ1) is 18.9. The lowest BCUT2D eigenvalue weighted by Gasteiger charge is -2.25. The van der Waals surface area contributed by atoms with Gasteiger partial charge in [0, 0.05) is 23.2 Å². The van der Waals surface area contributed by atoms with Gasteiger partial charge in [-0.3, -0.25) is 4.79 Å². The number of benzene rings is 3. The summed E-state index contributed by atoms with van der Waals surface area (Å²) >= 11 is 0. The highest BCUT2D eigenvalue weighted by Crippen LogP contribution is 2.32. The Morgan fingerprint density at radius 1 is 0.923 bits per heavy atom. The van der Waals surface area contributed by atoms with E-state index < -0.39 is 6.29 Å². The molecular formula is C34H39NO4.